The topological polar surface area (TPSA) is 32.5 Å². The minimum Gasteiger partial charge on any atom is -0.374 e. The van der Waals surface area contributed by atoms with E-state index < -0.39 is 0 Å². The van der Waals surface area contributed by atoms with Crippen molar-refractivity contribution in [2.24, 2.45) is 5.73 Å². The maximum atomic E-state index is 6.04. The number of hydrogen-bond donors (Lipinski definition) is 1. The number of hydrogen-bond acceptors (Lipinski definition) is 3. The number of rotatable bonds is 3. The molecule has 0 radical (unpaired) electrons. The third-order valence-electron chi connectivity index (χ3n) is 4.64. The molecule has 3 nitrogen and oxygen atoms in total. The fraction of sp³-hybridized carbons (Fsp3) is 0.625. The third kappa shape index (κ3) is 2.49. The Balaban J connectivity index is 1.87. The molecule has 1 aromatic rings. The van der Waals surface area contributed by atoms with Crippen LogP contribution >= 0.6 is 0 Å². The van der Waals surface area contributed by atoms with E-state index in [0.29, 0.717) is 6.04 Å². The lowest BCUT2D eigenvalue weighted by Gasteiger charge is -2.31. The molecule has 0 aliphatic carbocycles. The predicted octanol–water partition coefficient (Wildman–Crippen LogP) is 2.16. The lowest BCUT2D eigenvalue weighted by atomic mass is 9.96. The first-order valence-electron chi connectivity index (χ1n) is 7.57. The summed E-state index contributed by atoms with van der Waals surface area (Å²) in [6.07, 6.45) is 5.13. The maximum absolute atomic E-state index is 6.04. The monoisotopic (exact) mass is 259 g/mol. The molecule has 0 aromatic heterocycles. The fourth-order valence-corrected chi connectivity index (χ4v) is 3.56. The largest absolute Gasteiger partial charge is 0.374 e. The smallest absolute Gasteiger partial charge is 0.0470 e. The Kier molecular flexibility index (Phi) is 3.76. The van der Waals surface area contributed by atoms with Crippen molar-refractivity contribution in [1.29, 1.82) is 0 Å². The Bertz CT molecular complexity index is 438. The molecule has 2 heterocycles. The van der Waals surface area contributed by atoms with E-state index in [0.717, 1.165) is 6.54 Å². The van der Waals surface area contributed by atoms with E-state index in [9.17, 15) is 0 Å². The van der Waals surface area contributed by atoms with Crippen molar-refractivity contribution in [3.8, 4) is 0 Å². The molecule has 0 bridgehead atoms. The molecule has 1 saturated heterocycles. The quantitative estimate of drug-likeness (QED) is 0.903. The van der Waals surface area contributed by atoms with Crippen molar-refractivity contribution in [1.82, 2.24) is 4.90 Å². The van der Waals surface area contributed by atoms with E-state index >= 15 is 0 Å². The zero-order valence-corrected chi connectivity index (χ0v) is 11.9. The first-order chi connectivity index (χ1) is 9.29. The van der Waals surface area contributed by atoms with Crippen molar-refractivity contribution in [3.05, 3.63) is 29.3 Å². The van der Waals surface area contributed by atoms with Crippen LogP contribution in [0.15, 0.2) is 18.2 Å². The van der Waals surface area contributed by atoms with Gasteiger partial charge in [-0.25, -0.2) is 0 Å². The van der Waals surface area contributed by atoms with Crippen LogP contribution in [0.3, 0.4) is 0 Å². The average Bonchev–Trinajstić information content (AvgIpc) is 2.94. The van der Waals surface area contributed by atoms with Crippen LogP contribution in [0.25, 0.3) is 0 Å². The van der Waals surface area contributed by atoms with Crippen LogP contribution in [0.5, 0.6) is 0 Å². The second-order valence-electron chi connectivity index (χ2n) is 5.91. The second kappa shape index (κ2) is 5.51. The zero-order valence-electron chi connectivity index (χ0n) is 11.9. The molecule has 1 fully saturated rings. The first-order valence-corrected chi connectivity index (χ1v) is 7.57. The highest BCUT2D eigenvalue weighted by Gasteiger charge is 2.23. The van der Waals surface area contributed by atoms with E-state index in [1.807, 2.05) is 0 Å². The number of fused-ring (bicyclic) bond motifs is 1. The van der Waals surface area contributed by atoms with Crippen molar-refractivity contribution < 1.29 is 0 Å². The minimum absolute atomic E-state index is 0.417. The zero-order chi connectivity index (χ0) is 13.2. The van der Waals surface area contributed by atoms with Crippen molar-refractivity contribution in [2.45, 2.75) is 31.7 Å². The van der Waals surface area contributed by atoms with Gasteiger partial charge in [0.15, 0.2) is 0 Å². The highest BCUT2D eigenvalue weighted by Crippen LogP contribution is 2.31. The van der Waals surface area contributed by atoms with Gasteiger partial charge in [-0.2, -0.15) is 0 Å². The fourth-order valence-electron chi connectivity index (χ4n) is 3.56. The molecule has 19 heavy (non-hydrogen) atoms. The van der Waals surface area contributed by atoms with E-state index in [4.69, 9.17) is 5.73 Å². The van der Waals surface area contributed by atoms with Gasteiger partial charge in [-0.15, -0.1) is 0 Å². The molecule has 104 valence electrons. The number of aryl methyl sites for hydroxylation is 1. The molecule has 2 aliphatic heterocycles. The molecule has 3 heteroatoms. The molecule has 2 N–H and O–H groups in total. The molecular formula is C16H25N3. The Morgan fingerprint density at radius 3 is 2.68 bits per heavy atom. The summed E-state index contributed by atoms with van der Waals surface area (Å²) in [5, 5.41) is 0. The van der Waals surface area contributed by atoms with Gasteiger partial charge in [0.1, 0.15) is 0 Å². The summed E-state index contributed by atoms with van der Waals surface area (Å²) >= 11 is 0. The van der Waals surface area contributed by atoms with Gasteiger partial charge in [-0.3, -0.25) is 4.90 Å². The minimum atomic E-state index is 0.417. The molecule has 0 unspecified atom stereocenters. The summed E-state index contributed by atoms with van der Waals surface area (Å²) in [7, 11) is 2.19. The summed E-state index contributed by atoms with van der Waals surface area (Å²) in [6.45, 7) is 4.32. The van der Waals surface area contributed by atoms with Crippen molar-refractivity contribution >= 4 is 5.69 Å². The average molecular weight is 259 g/mol. The summed E-state index contributed by atoms with van der Waals surface area (Å²) in [6, 6.07) is 7.40. The van der Waals surface area contributed by atoms with Crippen LogP contribution in [0.4, 0.5) is 5.69 Å². The molecule has 0 spiro atoms. The third-order valence-corrected chi connectivity index (χ3v) is 4.64. The standard InChI is InChI=1S/C16H25N3/c1-18-8-4-5-13-11-14(6-7-15(13)18)16(12-17)19-9-2-3-10-19/h6-7,11,16H,2-5,8-10,12,17H2,1H3/t16-/m1/s1. The summed E-state index contributed by atoms with van der Waals surface area (Å²) in [4.78, 5) is 4.92. The van der Waals surface area contributed by atoms with Gasteiger partial charge in [-0.05, 0) is 56.0 Å². The van der Waals surface area contributed by atoms with E-state index in [1.165, 1.54) is 62.1 Å². The number of anilines is 1. The maximum Gasteiger partial charge on any atom is 0.0470 e. The Morgan fingerprint density at radius 1 is 1.16 bits per heavy atom. The first kappa shape index (κ1) is 12.9. The van der Waals surface area contributed by atoms with Crippen LogP contribution in [0.1, 0.15) is 36.4 Å². The van der Waals surface area contributed by atoms with Crippen LogP contribution in [0.2, 0.25) is 0 Å². The molecule has 3 rings (SSSR count). The van der Waals surface area contributed by atoms with E-state index in [1.54, 1.807) is 0 Å². The molecule has 1 atom stereocenters. The van der Waals surface area contributed by atoms with Crippen molar-refractivity contribution in [2.75, 3.05) is 38.1 Å². The van der Waals surface area contributed by atoms with Gasteiger partial charge >= 0.3 is 0 Å². The van der Waals surface area contributed by atoms with Gasteiger partial charge in [0, 0.05) is 31.9 Å². The van der Waals surface area contributed by atoms with E-state index in [-0.39, 0.29) is 0 Å². The van der Waals surface area contributed by atoms with Crippen LogP contribution in [-0.2, 0) is 6.42 Å². The summed E-state index contributed by atoms with van der Waals surface area (Å²) in [5.41, 5.74) is 10.4. The highest BCUT2D eigenvalue weighted by atomic mass is 15.2. The summed E-state index contributed by atoms with van der Waals surface area (Å²) < 4.78 is 0. The Labute approximate surface area is 116 Å². The van der Waals surface area contributed by atoms with Gasteiger partial charge in [0.05, 0.1) is 0 Å². The van der Waals surface area contributed by atoms with Gasteiger partial charge in [-0.1, -0.05) is 12.1 Å². The molecule has 0 saturated carbocycles. The van der Waals surface area contributed by atoms with E-state index in [2.05, 4.69) is 35.0 Å². The SMILES string of the molecule is CN1CCCc2cc([C@@H](CN)N3CCCC3)ccc21. The van der Waals surface area contributed by atoms with Gasteiger partial charge in [0.2, 0.25) is 0 Å². The Hall–Kier alpha value is -1.06. The van der Waals surface area contributed by atoms with Gasteiger partial charge < -0.3 is 10.6 Å². The van der Waals surface area contributed by atoms with Crippen molar-refractivity contribution in [3.63, 3.8) is 0 Å². The number of nitrogens with zero attached hydrogens (tertiary/aromatic N) is 2. The number of likely N-dealkylation sites (tertiary alicyclic amines) is 1. The molecular weight excluding hydrogens is 234 g/mol. The Morgan fingerprint density at radius 2 is 1.95 bits per heavy atom. The predicted molar refractivity (Wildman–Crippen MR) is 80.6 cm³/mol. The van der Waals surface area contributed by atoms with Crippen LogP contribution < -0.4 is 10.6 Å². The van der Waals surface area contributed by atoms with Gasteiger partial charge in [0.25, 0.3) is 0 Å². The van der Waals surface area contributed by atoms with Crippen LogP contribution in [0, 0.1) is 0 Å². The normalized spacial score (nSPS) is 21.5. The summed E-state index contributed by atoms with van der Waals surface area (Å²) in [5.74, 6) is 0. The van der Waals surface area contributed by atoms with Crippen LogP contribution in [-0.4, -0.2) is 38.1 Å². The second-order valence-corrected chi connectivity index (χ2v) is 5.91. The number of nitrogens with two attached hydrogens (primary N) is 1. The lowest BCUT2D eigenvalue weighted by molar-refractivity contribution is 0.251. The molecule has 1 aromatic carbocycles. The number of benzene rings is 1. The lowest BCUT2D eigenvalue weighted by Crippen LogP contribution is -2.32. The molecule has 0 amide bonds. The molecule has 2 aliphatic rings. The highest BCUT2D eigenvalue weighted by molar-refractivity contribution is 5.56.